The normalized spacial score (nSPS) is 15.4. The van der Waals surface area contributed by atoms with Gasteiger partial charge in [-0.15, -0.1) is 0 Å². The van der Waals surface area contributed by atoms with Crippen LogP contribution in [-0.4, -0.2) is 36.5 Å². The molecule has 116 valence electrons. The van der Waals surface area contributed by atoms with Crippen LogP contribution in [0.15, 0.2) is 24.3 Å². The second-order valence-electron chi connectivity index (χ2n) is 5.13. The van der Waals surface area contributed by atoms with Gasteiger partial charge in [-0.3, -0.25) is 4.79 Å². The largest absolute Gasteiger partial charge is 0.435 e. The van der Waals surface area contributed by atoms with Crippen LogP contribution in [0.1, 0.15) is 36.0 Å². The molecule has 1 aromatic rings. The van der Waals surface area contributed by atoms with E-state index in [4.69, 9.17) is 5.73 Å². The maximum absolute atomic E-state index is 12.5. The minimum absolute atomic E-state index is 0.0489. The Hall–Kier alpha value is -1.69. The highest BCUT2D eigenvalue weighted by Gasteiger charge is 2.26. The molecule has 0 heterocycles. The van der Waals surface area contributed by atoms with Crippen LogP contribution in [0.25, 0.3) is 0 Å². The molecule has 6 heteroatoms. The van der Waals surface area contributed by atoms with Crippen molar-refractivity contribution in [3.63, 3.8) is 0 Å². The van der Waals surface area contributed by atoms with Crippen molar-refractivity contribution in [3.05, 3.63) is 29.8 Å². The summed E-state index contributed by atoms with van der Waals surface area (Å²) in [6, 6.07) is 6.03. The number of benzene rings is 1. The van der Waals surface area contributed by atoms with Gasteiger partial charge in [0, 0.05) is 24.7 Å². The zero-order chi connectivity index (χ0) is 15.2. The Bertz CT molecular complexity index is 459. The fourth-order valence-electron chi connectivity index (χ4n) is 2.75. The number of halogens is 2. The van der Waals surface area contributed by atoms with E-state index in [-0.39, 0.29) is 17.7 Å². The first-order valence-corrected chi connectivity index (χ1v) is 7.17. The van der Waals surface area contributed by atoms with Crippen molar-refractivity contribution in [2.45, 2.75) is 38.3 Å². The molecule has 0 spiro atoms. The second kappa shape index (κ2) is 7.36. The van der Waals surface area contributed by atoms with E-state index in [9.17, 15) is 13.6 Å². The first-order chi connectivity index (χ1) is 10.1. The molecule has 1 amide bonds. The molecule has 1 fully saturated rings. The number of nitrogens with two attached hydrogens (primary N) is 1. The standard InChI is InChI=1S/C15H20F2N2O2/c16-15(17)21-13-7-5-11(6-8-13)14(20)19(10-9-18)12-3-1-2-4-12/h5-8,12,15H,1-4,9-10,18H2. The molecular formula is C15H20F2N2O2. The Kier molecular flexibility index (Phi) is 5.50. The predicted octanol–water partition coefficient (Wildman–Crippen LogP) is 2.63. The third-order valence-electron chi connectivity index (χ3n) is 3.72. The van der Waals surface area contributed by atoms with Gasteiger partial charge in [0.1, 0.15) is 5.75 Å². The first kappa shape index (κ1) is 15.7. The Morgan fingerprint density at radius 2 is 1.90 bits per heavy atom. The van der Waals surface area contributed by atoms with Crippen molar-refractivity contribution >= 4 is 5.91 Å². The fraction of sp³-hybridized carbons (Fsp3) is 0.533. The van der Waals surface area contributed by atoms with Gasteiger partial charge in [0.25, 0.3) is 5.91 Å². The monoisotopic (exact) mass is 298 g/mol. The number of ether oxygens (including phenoxy) is 1. The molecule has 1 aliphatic rings. The Morgan fingerprint density at radius 1 is 1.29 bits per heavy atom. The molecular weight excluding hydrogens is 278 g/mol. The van der Waals surface area contributed by atoms with Crippen LogP contribution in [0.2, 0.25) is 0 Å². The fourth-order valence-corrected chi connectivity index (χ4v) is 2.75. The summed E-state index contributed by atoms with van der Waals surface area (Å²) in [5.41, 5.74) is 6.06. The van der Waals surface area contributed by atoms with Gasteiger partial charge < -0.3 is 15.4 Å². The summed E-state index contributed by atoms with van der Waals surface area (Å²) in [6.45, 7) is -1.94. The van der Waals surface area contributed by atoms with Crippen LogP contribution in [0.4, 0.5) is 8.78 Å². The summed E-state index contributed by atoms with van der Waals surface area (Å²) in [5.74, 6) is -0.0521. The zero-order valence-corrected chi connectivity index (χ0v) is 11.8. The molecule has 2 rings (SSSR count). The molecule has 0 bridgehead atoms. The molecule has 0 saturated heterocycles. The van der Waals surface area contributed by atoms with Crippen LogP contribution in [-0.2, 0) is 0 Å². The Morgan fingerprint density at radius 3 is 2.43 bits per heavy atom. The summed E-state index contributed by atoms with van der Waals surface area (Å²) in [6.07, 6.45) is 4.25. The van der Waals surface area contributed by atoms with Crippen molar-refractivity contribution in [1.29, 1.82) is 0 Å². The molecule has 0 unspecified atom stereocenters. The van der Waals surface area contributed by atoms with Crippen molar-refractivity contribution in [1.82, 2.24) is 4.90 Å². The molecule has 0 aromatic heterocycles. The van der Waals surface area contributed by atoms with E-state index < -0.39 is 6.61 Å². The molecule has 0 atom stereocenters. The summed E-state index contributed by atoms with van der Waals surface area (Å²) >= 11 is 0. The lowest BCUT2D eigenvalue weighted by Gasteiger charge is -2.28. The number of carbonyl (C=O) groups excluding carboxylic acids is 1. The maximum atomic E-state index is 12.5. The van der Waals surface area contributed by atoms with E-state index in [2.05, 4.69) is 4.74 Å². The summed E-state index contributed by atoms with van der Waals surface area (Å²) in [7, 11) is 0. The predicted molar refractivity (Wildman–Crippen MR) is 75.4 cm³/mol. The lowest BCUT2D eigenvalue weighted by Crippen LogP contribution is -2.41. The van der Waals surface area contributed by atoms with Crippen LogP contribution in [0, 0.1) is 0 Å². The van der Waals surface area contributed by atoms with Crippen molar-refractivity contribution < 1.29 is 18.3 Å². The van der Waals surface area contributed by atoms with E-state index in [0.29, 0.717) is 18.7 Å². The molecule has 1 saturated carbocycles. The van der Waals surface area contributed by atoms with Gasteiger partial charge >= 0.3 is 6.61 Å². The number of rotatable bonds is 6. The van der Waals surface area contributed by atoms with Gasteiger partial charge in [0.2, 0.25) is 0 Å². The van der Waals surface area contributed by atoms with Gasteiger partial charge in [0.15, 0.2) is 0 Å². The molecule has 1 aliphatic carbocycles. The van der Waals surface area contributed by atoms with Crippen molar-refractivity contribution in [2.75, 3.05) is 13.1 Å². The number of carbonyl (C=O) groups is 1. The van der Waals surface area contributed by atoms with Gasteiger partial charge in [-0.1, -0.05) is 12.8 Å². The van der Waals surface area contributed by atoms with Crippen LogP contribution in [0.5, 0.6) is 5.75 Å². The van der Waals surface area contributed by atoms with E-state index in [0.717, 1.165) is 25.7 Å². The van der Waals surface area contributed by atoms with E-state index >= 15 is 0 Å². The number of alkyl halides is 2. The van der Waals surface area contributed by atoms with Gasteiger partial charge in [-0.05, 0) is 37.1 Å². The molecule has 2 N–H and O–H groups in total. The second-order valence-corrected chi connectivity index (χ2v) is 5.13. The minimum atomic E-state index is -2.86. The van der Waals surface area contributed by atoms with Crippen molar-refractivity contribution in [2.24, 2.45) is 5.73 Å². The third-order valence-corrected chi connectivity index (χ3v) is 3.72. The van der Waals surface area contributed by atoms with E-state index in [1.165, 1.54) is 24.3 Å². The molecule has 4 nitrogen and oxygen atoms in total. The SMILES string of the molecule is NCCN(C(=O)c1ccc(OC(F)F)cc1)C1CCCC1. The Balaban J connectivity index is 2.08. The van der Waals surface area contributed by atoms with Crippen LogP contribution in [0.3, 0.4) is 0 Å². The van der Waals surface area contributed by atoms with Crippen LogP contribution < -0.4 is 10.5 Å². The molecule has 1 aromatic carbocycles. The Labute approximate surface area is 122 Å². The topological polar surface area (TPSA) is 55.6 Å². The summed E-state index contributed by atoms with van der Waals surface area (Å²) < 4.78 is 28.5. The molecule has 21 heavy (non-hydrogen) atoms. The lowest BCUT2D eigenvalue weighted by molar-refractivity contribution is -0.0498. The first-order valence-electron chi connectivity index (χ1n) is 7.17. The zero-order valence-electron chi connectivity index (χ0n) is 11.8. The average molecular weight is 298 g/mol. The summed E-state index contributed by atoms with van der Waals surface area (Å²) in [5, 5.41) is 0. The molecule has 0 aliphatic heterocycles. The van der Waals surface area contributed by atoms with Gasteiger partial charge in [-0.2, -0.15) is 8.78 Å². The van der Waals surface area contributed by atoms with Gasteiger partial charge in [0.05, 0.1) is 0 Å². The van der Waals surface area contributed by atoms with Crippen molar-refractivity contribution in [3.8, 4) is 5.75 Å². The smallest absolute Gasteiger partial charge is 0.387 e. The number of hydrogen-bond acceptors (Lipinski definition) is 3. The number of hydrogen-bond donors (Lipinski definition) is 1. The van der Waals surface area contributed by atoms with Gasteiger partial charge in [-0.25, -0.2) is 0 Å². The quantitative estimate of drug-likeness (QED) is 0.878. The highest BCUT2D eigenvalue weighted by Crippen LogP contribution is 2.25. The number of nitrogens with zero attached hydrogens (tertiary/aromatic N) is 1. The minimum Gasteiger partial charge on any atom is -0.435 e. The average Bonchev–Trinajstić information content (AvgIpc) is 2.98. The summed E-state index contributed by atoms with van der Waals surface area (Å²) in [4.78, 5) is 14.3. The highest BCUT2D eigenvalue weighted by atomic mass is 19.3. The lowest BCUT2D eigenvalue weighted by atomic mass is 10.1. The van der Waals surface area contributed by atoms with E-state index in [1.54, 1.807) is 4.90 Å². The van der Waals surface area contributed by atoms with E-state index in [1.807, 2.05) is 0 Å². The molecule has 0 radical (unpaired) electrons. The highest BCUT2D eigenvalue weighted by molar-refractivity contribution is 5.94. The maximum Gasteiger partial charge on any atom is 0.387 e. The number of amides is 1. The third kappa shape index (κ3) is 4.14. The van der Waals surface area contributed by atoms with Crippen LogP contribution >= 0.6 is 0 Å².